The number of likely N-dealkylation sites (tertiary alicyclic amines) is 1. The van der Waals surface area contributed by atoms with Gasteiger partial charge in [-0.05, 0) is 62.0 Å². The molecule has 0 atom stereocenters. The van der Waals surface area contributed by atoms with Gasteiger partial charge in [-0.1, -0.05) is 12.1 Å². The van der Waals surface area contributed by atoms with Crippen LogP contribution >= 0.6 is 0 Å². The Morgan fingerprint density at radius 1 is 1.32 bits per heavy atom. The number of piperidine rings is 1. The van der Waals surface area contributed by atoms with E-state index in [0.29, 0.717) is 17.2 Å². The maximum Gasteiger partial charge on any atom is 0.270 e. The third-order valence-corrected chi connectivity index (χ3v) is 5.54. The van der Waals surface area contributed by atoms with E-state index in [1.165, 1.54) is 6.07 Å². The highest BCUT2D eigenvalue weighted by Crippen LogP contribution is 2.20. The molecule has 1 aliphatic rings. The standard InChI is InChI=1S/C22H27FN4O/c1-25-16-19(14-24)13-21(25)22(28)26(2)15-18-7-10-27(11-8-18)9-6-17-4-3-5-20(23)12-17/h3-5,12-13,16,18H,6-11,15H2,1-2H3. The van der Waals surface area contributed by atoms with Crippen molar-refractivity contribution in [2.24, 2.45) is 13.0 Å². The van der Waals surface area contributed by atoms with Gasteiger partial charge in [0.1, 0.15) is 17.6 Å². The largest absolute Gasteiger partial charge is 0.345 e. The van der Waals surface area contributed by atoms with Crippen molar-refractivity contribution < 1.29 is 9.18 Å². The van der Waals surface area contributed by atoms with E-state index in [1.54, 1.807) is 40.9 Å². The number of rotatable bonds is 6. The number of amides is 1. The summed E-state index contributed by atoms with van der Waals surface area (Å²) in [6.45, 7) is 3.67. The van der Waals surface area contributed by atoms with E-state index in [-0.39, 0.29) is 11.7 Å². The predicted molar refractivity (Wildman–Crippen MR) is 106 cm³/mol. The highest BCUT2D eigenvalue weighted by Gasteiger charge is 2.23. The van der Waals surface area contributed by atoms with Crippen LogP contribution in [-0.4, -0.2) is 53.5 Å². The van der Waals surface area contributed by atoms with Gasteiger partial charge < -0.3 is 14.4 Å². The normalized spacial score (nSPS) is 15.4. The molecule has 3 rings (SSSR count). The zero-order valence-electron chi connectivity index (χ0n) is 16.6. The van der Waals surface area contributed by atoms with E-state index in [9.17, 15) is 9.18 Å². The fourth-order valence-corrected chi connectivity index (χ4v) is 3.88. The molecule has 0 N–H and O–H groups in total. The predicted octanol–water partition coefficient (Wildman–Crippen LogP) is 3.06. The van der Waals surface area contributed by atoms with E-state index in [2.05, 4.69) is 11.0 Å². The second-order valence-electron chi connectivity index (χ2n) is 7.69. The molecule has 2 heterocycles. The van der Waals surface area contributed by atoms with Crippen LogP contribution in [0.15, 0.2) is 36.5 Å². The Labute approximate surface area is 166 Å². The van der Waals surface area contributed by atoms with Crippen molar-refractivity contribution in [3.8, 4) is 6.07 Å². The fourth-order valence-electron chi connectivity index (χ4n) is 3.88. The molecule has 28 heavy (non-hydrogen) atoms. The summed E-state index contributed by atoms with van der Waals surface area (Å²) in [5.74, 6) is 0.261. The van der Waals surface area contributed by atoms with Crippen molar-refractivity contribution in [2.75, 3.05) is 33.2 Å². The van der Waals surface area contributed by atoms with Crippen LogP contribution in [0.4, 0.5) is 4.39 Å². The van der Waals surface area contributed by atoms with Crippen LogP contribution in [0.25, 0.3) is 0 Å². The van der Waals surface area contributed by atoms with Crippen molar-refractivity contribution in [1.29, 1.82) is 5.26 Å². The Bertz CT molecular complexity index is 862. The molecular formula is C22H27FN4O. The number of nitrogens with zero attached hydrogens (tertiary/aromatic N) is 4. The number of aromatic nitrogens is 1. The molecule has 5 nitrogen and oxygen atoms in total. The summed E-state index contributed by atoms with van der Waals surface area (Å²) in [7, 11) is 3.62. The summed E-state index contributed by atoms with van der Waals surface area (Å²) in [4.78, 5) is 16.9. The summed E-state index contributed by atoms with van der Waals surface area (Å²) >= 11 is 0. The van der Waals surface area contributed by atoms with Crippen molar-refractivity contribution in [3.05, 3.63) is 59.2 Å². The third kappa shape index (κ3) is 4.99. The Balaban J connectivity index is 1.45. The third-order valence-electron chi connectivity index (χ3n) is 5.54. The van der Waals surface area contributed by atoms with Gasteiger partial charge in [-0.3, -0.25) is 4.79 Å². The molecule has 1 amide bonds. The number of hydrogen-bond acceptors (Lipinski definition) is 3. The van der Waals surface area contributed by atoms with E-state index in [4.69, 9.17) is 5.26 Å². The molecular weight excluding hydrogens is 355 g/mol. The SMILES string of the molecule is CN(CC1CCN(CCc2cccc(F)c2)CC1)C(=O)c1cc(C#N)cn1C. The highest BCUT2D eigenvalue weighted by molar-refractivity contribution is 5.93. The second-order valence-corrected chi connectivity index (χ2v) is 7.69. The van der Waals surface area contributed by atoms with Crippen LogP contribution in [0, 0.1) is 23.1 Å². The number of benzene rings is 1. The molecule has 6 heteroatoms. The molecule has 1 aromatic carbocycles. The van der Waals surface area contributed by atoms with Gasteiger partial charge in [-0.2, -0.15) is 5.26 Å². The molecule has 2 aromatic rings. The molecule has 1 fully saturated rings. The molecule has 0 aliphatic carbocycles. The van der Waals surface area contributed by atoms with E-state index >= 15 is 0 Å². The smallest absolute Gasteiger partial charge is 0.270 e. The summed E-state index contributed by atoms with van der Waals surface area (Å²) in [6.07, 6.45) is 4.64. The van der Waals surface area contributed by atoms with Gasteiger partial charge in [0.05, 0.1) is 5.56 Å². The van der Waals surface area contributed by atoms with Crippen LogP contribution < -0.4 is 0 Å². The van der Waals surface area contributed by atoms with E-state index < -0.39 is 0 Å². The Hall–Kier alpha value is -2.65. The zero-order chi connectivity index (χ0) is 20.1. The quantitative estimate of drug-likeness (QED) is 0.772. The first-order valence-corrected chi connectivity index (χ1v) is 9.75. The lowest BCUT2D eigenvalue weighted by molar-refractivity contribution is 0.0731. The average Bonchev–Trinajstić information content (AvgIpc) is 3.07. The highest BCUT2D eigenvalue weighted by atomic mass is 19.1. The minimum Gasteiger partial charge on any atom is -0.345 e. The second kappa shape index (κ2) is 9.03. The van der Waals surface area contributed by atoms with E-state index in [0.717, 1.165) is 51.0 Å². The maximum absolute atomic E-state index is 13.3. The number of aryl methyl sites for hydroxylation is 1. The molecule has 0 unspecified atom stereocenters. The monoisotopic (exact) mass is 382 g/mol. The number of nitriles is 1. The van der Waals surface area contributed by atoms with Gasteiger partial charge in [-0.15, -0.1) is 0 Å². The Kier molecular flexibility index (Phi) is 6.48. The molecule has 0 saturated carbocycles. The number of carbonyl (C=O) groups is 1. The maximum atomic E-state index is 13.3. The van der Waals surface area contributed by atoms with E-state index in [1.807, 2.05) is 13.1 Å². The molecule has 0 spiro atoms. The molecule has 1 aromatic heterocycles. The Morgan fingerprint density at radius 2 is 2.07 bits per heavy atom. The molecule has 0 bridgehead atoms. The van der Waals surface area contributed by atoms with Gasteiger partial charge in [0.15, 0.2) is 0 Å². The molecule has 0 radical (unpaired) electrons. The fraction of sp³-hybridized carbons (Fsp3) is 0.455. The van der Waals surface area contributed by atoms with Gasteiger partial charge in [0.2, 0.25) is 0 Å². The molecule has 1 aliphatic heterocycles. The van der Waals surface area contributed by atoms with Gasteiger partial charge in [0, 0.05) is 33.4 Å². The van der Waals surface area contributed by atoms with Gasteiger partial charge >= 0.3 is 0 Å². The lowest BCUT2D eigenvalue weighted by atomic mass is 9.96. The number of hydrogen-bond donors (Lipinski definition) is 0. The van der Waals surface area contributed by atoms with Crippen LogP contribution in [0.5, 0.6) is 0 Å². The average molecular weight is 382 g/mol. The van der Waals surface area contributed by atoms with Crippen LogP contribution in [0.2, 0.25) is 0 Å². The number of halogens is 1. The summed E-state index contributed by atoms with van der Waals surface area (Å²) in [6, 6.07) is 10.5. The zero-order valence-corrected chi connectivity index (χ0v) is 16.6. The van der Waals surface area contributed by atoms with Crippen molar-refractivity contribution in [2.45, 2.75) is 19.3 Å². The molecule has 1 saturated heterocycles. The van der Waals surface area contributed by atoms with Crippen LogP contribution in [0.1, 0.15) is 34.5 Å². The lowest BCUT2D eigenvalue weighted by Gasteiger charge is -2.34. The lowest BCUT2D eigenvalue weighted by Crippen LogP contribution is -2.40. The van der Waals surface area contributed by atoms with Crippen LogP contribution in [0.3, 0.4) is 0 Å². The first kappa shape index (κ1) is 20.1. The first-order chi connectivity index (χ1) is 13.5. The first-order valence-electron chi connectivity index (χ1n) is 9.75. The summed E-state index contributed by atoms with van der Waals surface area (Å²) in [5.41, 5.74) is 2.09. The van der Waals surface area contributed by atoms with Crippen LogP contribution in [-0.2, 0) is 13.5 Å². The van der Waals surface area contributed by atoms with Crippen molar-refractivity contribution in [1.82, 2.24) is 14.4 Å². The minimum absolute atomic E-state index is 0.0440. The Morgan fingerprint density at radius 3 is 2.71 bits per heavy atom. The van der Waals surface area contributed by atoms with Crippen molar-refractivity contribution in [3.63, 3.8) is 0 Å². The summed E-state index contributed by atoms with van der Waals surface area (Å²) in [5, 5.41) is 9.00. The summed E-state index contributed by atoms with van der Waals surface area (Å²) < 4.78 is 15.0. The van der Waals surface area contributed by atoms with Crippen molar-refractivity contribution >= 4 is 5.91 Å². The van der Waals surface area contributed by atoms with Gasteiger partial charge in [0.25, 0.3) is 5.91 Å². The minimum atomic E-state index is -0.177. The number of carbonyl (C=O) groups excluding carboxylic acids is 1. The topological polar surface area (TPSA) is 52.3 Å². The van der Waals surface area contributed by atoms with Gasteiger partial charge in [-0.25, -0.2) is 4.39 Å². The molecule has 148 valence electrons.